The van der Waals surface area contributed by atoms with Gasteiger partial charge in [-0.05, 0) is 41.5 Å². The zero-order valence-electron chi connectivity index (χ0n) is 12.1. The molecule has 0 unspecified atom stereocenters. The van der Waals surface area contributed by atoms with Crippen molar-refractivity contribution in [3.63, 3.8) is 0 Å². The zero-order chi connectivity index (χ0) is 16.7. The first-order valence-electron chi connectivity index (χ1n) is 6.79. The van der Waals surface area contributed by atoms with Gasteiger partial charge in [0.25, 0.3) is 5.91 Å². The number of benzene rings is 2. The smallest absolute Gasteiger partial charge is 0.267 e. The minimum atomic E-state index is -0.638. The molecule has 1 amide bonds. The number of carbonyl (C=O) groups is 2. The third kappa shape index (κ3) is 4.72. The van der Waals surface area contributed by atoms with Gasteiger partial charge in [-0.3, -0.25) is 14.8 Å². The fraction of sp³-hybridized carbons (Fsp3) is 0. The van der Waals surface area contributed by atoms with Crippen molar-refractivity contribution in [1.29, 1.82) is 0 Å². The summed E-state index contributed by atoms with van der Waals surface area (Å²) in [6.45, 7) is 0. The third-order valence-electron chi connectivity index (χ3n) is 3.01. The molecule has 0 atom stereocenters. The predicted octanol–water partition coefficient (Wildman–Crippen LogP) is 3.24. The molecule has 23 heavy (non-hydrogen) atoms. The quantitative estimate of drug-likeness (QED) is 0.385. The number of hydrogen-bond acceptors (Lipinski definition) is 3. The van der Waals surface area contributed by atoms with Crippen LogP contribution in [0.5, 0.6) is 0 Å². The van der Waals surface area contributed by atoms with Gasteiger partial charge in [-0.25, -0.2) is 9.87 Å². The van der Waals surface area contributed by atoms with E-state index in [0.29, 0.717) is 5.56 Å². The van der Waals surface area contributed by atoms with Crippen LogP contribution in [0.15, 0.2) is 60.7 Å². The highest BCUT2D eigenvalue weighted by Crippen LogP contribution is 2.12. The van der Waals surface area contributed by atoms with Crippen molar-refractivity contribution in [2.45, 2.75) is 0 Å². The first-order valence-corrected chi connectivity index (χ1v) is 6.79. The number of halogens is 1. The molecular formula is C18H14FNO3. The van der Waals surface area contributed by atoms with Gasteiger partial charge in [0.15, 0.2) is 5.78 Å². The molecule has 2 rings (SSSR count). The number of ketones is 1. The monoisotopic (exact) mass is 311 g/mol. The van der Waals surface area contributed by atoms with Crippen molar-refractivity contribution >= 4 is 23.8 Å². The van der Waals surface area contributed by atoms with E-state index in [0.717, 1.165) is 5.56 Å². The fourth-order valence-electron chi connectivity index (χ4n) is 1.90. The maximum atomic E-state index is 13.5. The second-order valence-corrected chi connectivity index (χ2v) is 4.66. The lowest BCUT2D eigenvalue weighted by Crippen LogP contribution is -2.14. The number of hydrogen-bond donors (Lipinski definition) is 2. The summed E-state index contributed by atoms with van der Waals surface area (Å²) in [6, 6.07) is 12.8. The minimum absolute atomic E-state index is 0.0133. The molecule has 0 fully saturated rings. The first kappa shape index (κ1) is 16.3. The molecule has 0 bridgehead atoms. The highest BCUT2D eigenvalue weighted by Gasteiger charge is 2.06. The van der Waals surface area contributed by atoms with E-state index in [-0.39, 0.29) is 5.56 Å². The van der Waals surface area contributed by atoms with Crippen LogP contribution in [0.25, 0.3) is 12.2 Å². The molecule has 0 aliphatic heterocycles. The lowest BCUT2D eigenvalue weighted by atomic mass is 10.1. The van der Waals surface area contributed by atoms with Gasteiger partial charge in [-0.2, -0.15) is 0 Å². The first-order chi connectivity index (χ1) is 11.1. The molecule has 0 aromatic heterocycles. The Labute approximate surface area is 132 Å². The van der Waals surface area contributed by atoms with E-state index < -0.39 is 17.5 Å². The van der Waals surface area contributed by atoms with E-state index in [9.17, 15) is 14.0 Å². The van der Waals surface area contributed by atoms with Crippen molar-refractivity contribution in [1.82, 2.24) is 5.48 Å². The Morgan fingerprint density at radius 3 is 2.26 bits per heavy atom. The second kappa shape index (κ2) is 7.82. The van der Waals surface area contributed by atoms with E-state index in [2.05, 4.69) is 0 Å². The maximum absolute atomic E-state index is 13.5. The van der Waals surface area contributed by atoms with E-state index in [1.165, 1.54) is 41.9 Å². The number of nitrogens with one attached hydrogen (secondary N) is 1. The number of hydroxylamine groups is 1. The average molecular weight is 311 g/mol. The summed E-state index contributed by atoms with van der Waals surface area (Å²) in [5.41, 5.74) is 2.95. The van der Waals surface area contributed by atoms with E-state index in [4.69, 9.17) is 5.21 Å². The highest BCUT2D eigenvalue weighted by molar-refractivity contribution is 6.07. The molecule has 5 heteroatoms. The summed E-state index contributed by atoms with van der Waals surface area (Å²) >= 11 is 0. The van der Waals surface area contributed by atoms with Gasteiger partial charge in [-0.1, -0.05) is 36.4 Å². The Hall–Kier alpha value is -3.05. The highest BCUT2D eigenvalue weighted by atomic mass is 19.1. The fourth-order valence-corrected chi connectivity index (χ4v) is 1.90. The van der Waals surface area contributed by atoms with Gasteiger partial charge in [0.2, 0.25) is 0 Å². The average Bonchev–Trinajstić information content (AvgIpc) is 2.58. The molecule has 0 aliphatic carbocycles. The van der Waals surface area contributed by atoms with Crippen molar-refractivity contribution in [3.05, 3.63) is 83.2 Å². The summed E-state index contributed by atoms with van der Waals surface area (Å²) in [6.07, 6.45) is 5.55. The van der Waals surface area contributed by atoms with Crippen molar-refractivity contribution in [2.24, 2.45) is 0 Å². The van der Waals surface area contributed by atoms with Gasteiger partial charge < -0.3 is 0 Å². The lowest BCUT2D eigenvalue weighted by molar-refractivity contribution is -0.124. The van der Waals surface area contributed by atoms with Crippen molar-refractivity contribution in [2.75, 3.05) is 0 Å². The van der Waals surface area contributed by atoms with Crippen LogP contribution in [0.1, 0.15) is 21.5 Å². The summed E-state index contributed by atoms with van der Waals surface area (Å²) in [4.78, 5) is 22.9. The van der Waals surface area contributed by atoms with Crippen molar-refractivity contribution in [3.8, 4) is 0 Å². The summed E-state index contributed by atoms with van der Waals surface area (Å²) in [5, 5.41) is 8.41. The molecule has 0 saturated carbocycles. The number of rotatable bonds is 5. The summed E-state index contributed by atoms with van der Waals surface area (Å²) in [5.74, 6) is -1.63. The van der Waals surface area contributed by atoms with Crippen LogP contribution in [-0.4, -0.2) is 16.9 Å². The molecule has 0 heterocycles. The Kier molecular flexibility index (Phi) is 5.55. The van der Waals surface area contributed by atoms with Crippen LogP contribution >= 0.6 is 0 Å². The van der Waals surface area contributed by atoms with Gasteiger partial charge >= 0.3 is 0 Å². The Morgan fingerprint density at radius 2 is 1.61 bits per heavy atom. The van der Waals surface area contributed by atoms with Crippen LogP contribution in [0.3, 0.4) is 0 Å². The lowest BCUT2D eigenvalue weighted by Gasteiger charge is -1.99. The third-order valence-corrected chi connectivity index (χ3v) is 3.01. The molecule has 4 nitrogen and oxygen atoms in total. The second-order valence-electron chi connectivity index (χ2n) is 4.66. The Balaban J connectivity index is 2.14. The largest absolute Gasteiger partial charge is 0.289 e. The predicted molar refractivity (Wildman–Crippen MR) is 85.2 cm³/mol. The molecule has 0 radical (unpaired) electrons. The van der Waals surface area contributed by atoms with Crippen LogP contribution in [-0.2, 0) is 4.79 Å². The SMILES string of the molecule is O=C(/C=C/c1cccc(/C=C/C(=O)c2ccccc2F)c1)NO. The molecule has 116 valence electrons. The molecule has 2 aromatic carbocycles. The molecule has 2 N–H and O–H groups in total. The molecule has 0 aliphatic rings. The van der Waals surface area contributed by atoms with Crippen LogP contribution in [0.4, 0.5) is 4.39 Å². The summed E-state index contributed by atoms with van der Waals surface area (Å²) < 4.78 is 13.5. The van der Waals surface area contributed by atoms with Crippen molar-refractivity contribution < 1.29 is 19.2 Å². The van der Waals surface area contributed by atoms with Crippen LogP contribution < -0.4 is 5.48 Å². The minimum Gasteiger partial charge on any atom is -0.289 e. The van der Waals surface area contributed by atoms with Crippen LogP contribution in [0, 0.1) is 5.82 Å². The van der Waals surface area contributed by atoms with Gasteiger partial charge in [0, 0.05) is 6.08 Å². The van der Waals surface area contributed by atoms with Crippen LogP contribution in [0.2, 0.25) is 0 Å². The van der Waals surface area contributed by atoms with E-state index in [1.54, 1.807) is 36.4 Å². The maximum Gasteiger partial charge on any atom is 0.267 e. The van der Waals surface area contributed by atoms with E-state index >= 15 is 0 Å². The number of allylic oxidation sites excluding steroid dienone is 1. The van der Waals surface area contributed by atoms with Gasteiger partial charge in [0.05, 0.1) is 5.56 Å². The van der Waals surface area contributed by atoms with Gasteiger partial charge in [0.1, 0.15) is 5.82 Å². The molecule has 0 saturated heterocycles. The standard InChI is InChI=1S/C18H14FNO3/c19-16-7-2-1-6-15(16)17(21)10-8-13-4-3-5-14(12-13)9-11-18(22)20-23/h1-12,23H,(H,20,22)/b10-8+,11-9+. The van der Waals surface area contributed by atoms with Gasteiger partial charge in [-0.15, -0.1) is 0 Å². The van der Waals surface area contributed by atoms with E-state index in [1.807, 2.05) is 0 Å². The molecular weight excluding hydrogens is 297 g/mol. The number of amides is 1. The molecule has 0 spiro atoms. The normalized spacial score (nSPS) is 11.0. The number of carbonyl (C=O) groups excluding carboxylic acids is 2. The zero-order valence-corrected chi connectivity index (χ0v) is 12.1. The Morgan fingerprint density at radius 1 is 0.957 bits per heavy atom. The Bertz CT molecular complexity index is 781. The molecule has 2 aromatic rings. The topological polar surface area (TPSA) is 66.4 Å². The summed E-state index contributed by atoms with van der Waals surface area (Å²) in [7, 11) is 0.